The number of halogens is 1. The third-order valence-corrected chi connectivity index (χ3v) is 6.53. The molecule has 37 heavy (non-hydrogen) atoms. The molecule has 2 fully saturated rings. The first-order valence-electron chi connectivity index (χ1n) is 12.0. The van der Waals surface area contributed by atoms with Gasteiger partial charge in [0.05, 0.1) is 30.5 Å². The molecule has 0 unspecified atom stereocenters. The topological polar surface area (TPSA) is 122 Å². The molecule has 0 amide bonds. The molecule has 2 saturated carbocycles. The summed E-state index contributed by atoms with van der Waals surface area (Å²) in [5, 5.41) is 13.9. The molecule has 2 heterocycles. The predicted octanol–water partition coefficient (Wildman–Crippen LogP) is 4.07. The monoisotopic (exact) mass is 502 g/mol. The van der Waals surface area contributed by atoms with Gasteiger partial charge in [0.1, 0.15) is 23.4 Å². The van der Waals surface area contributed by atoms with E-state index in [1.54, 1.807) is 13.2 Å². The van der Waals surface area contributed by atoms with E-state index in [1.807, 2.05) is 24.3 Å². The molecule has 0 aliphatic heterocycles. The number of ether oxygens (including phenoxy) is 2. The van der Waals surface area contributed by atoms with Crippen molar-refractivity contribution in [1.29, 1.82) is 5.41 Å². The van der Waals surface area contributed by atoms with Gasteiger partial charge in [-0.25, -0.2) is 4.39 Å². The Kier molecular flexibility index (Phi) is 6.56. The summed E-state index contributed by atoms with van der Waals surface area (Å²) >= 11 is 0. The molecule has 9 nitrogen and oxygen atoms in total. The fourth-order valence-corrected chi connectivity index (χ4v) is 4.18. The fourth-order valence-electron chi connectivity index (χ4n) is 4.18. The van der Waals surface area contributed by atoms with Crippen molar-refractivity contribution < 1.29 is 18.7 Å². The summed E-state index contributed by atoms with van der Waals surface area (Å²) in [6, 6.07) is 8.82. The Balaban J connectivity index is 1.39. The molecule has 0 saturated heterocycles. The maximum atomic E-state index is 15.3. The van der Waals surface area contributed by atoms with Gasteiger partial charge in [-0.2, -0.15) is 4.98 Å². The molecule has 0 bridgehead atoms. The van der Waals surface area contributed by atoms with E-state index >= 15 is 4.39 Å². The van der Waals surface area contributed by atoms with Crippen LogP contribution in [0.15, 0.2) is 54.7 Å². The number of hydrogen-bond donors (Lipinski definition) is 3. The van der Waals surface area contributed by atoms with Crippen LogP contribution in [0.2, 0.25) is 0 Å². The Morgan fingerprint density at radius 1 is 1.16 bits per heavy atom. The number of nitrogens with one attached hydrogen (secondary N) is 3. The molecule has 2 aliphatic carbocycles. The van der Waals surface area contributed by atoms with E-state index in [1.165, 1.54) is 25.6 Å². The summed E-state index contributed by atoms with van der Waals surface area (Å²) in [5.41, 5.74) is 1.89. The van der Waals surface area contributed by atoms with Gasteiger partial charge in [-0.3, -0.25) is 14.8 Å². The number of methoxy groups -OCH3 is 1. The van der Waals surface area contributed by atoms with Gasteiger partial charge in [0.25, 0.3) is 0 Å². The van der Waals surface area contributed by atoms with E-state index in [0.717, 1.165) is 43.0 Å². The summed E-state index contributed by atoms with van der Waals surface area (Å²) in [6.07, 6.45) is 9.33. The Bertz CT molecular complexity index is 1370. The van der Waals surface area contributed by atoms with Crippen molar-refractivity contribution in [1.82, 2.24) is 20.3 Å². The number of rotatable bonds is 10. The van der Waals surface area contributed by atoms with Gasteiger partial charge in [-0.15, -0.1) is 0 Å². The van der Waals surface area contributed by atoms with Crippen LogP contribution in [0.25, 0.3) is 16.7 Å². The van der Waals surface area contributed by atoms with Crippen LogP contribution >= 0.6 is 0 Å². The SMILES string of the molecule is CN/C(Nc1cncc(OC2CC2)n1)=C(\C=N)c1ncc(-c2ccc(C3(C(=O)OC)CC3)cc2)cc1F. The summed E-state index contributed by atoms with van der Waals surface area (Å²) in [4.78, 5) is 25.0. The largest absolute Gasteiger partial charge is 0.473 e. The van der Waals surface area contributed by atoms with Crippen LogP contribution in [0.4, 0.5) is 10.2 Å². The van der Waals surface area contributed by atoms with Crippen LogP contribution in [-0.2, 0) is 14.9 Å². The lowest BCUT2D eigenvalue weighted by Gasteiger charge is -2.15. The number of benzene rings is 1. The van der Waals surface area contributed by atoms with Crippen LogP contribution in [-0.4, -0.2) is 47.4 Å². The van der Waals surface area contributed by atoms with Crippen molar-refractivity contribution in [2.75, 3.05) is 19.5 Å². The zero-order chi connectivity index (χ0) is 26.0. The second-order valence-electron chi connectivity index (χ2n) is 9.07. The van der Waals surface area contributed by atoms with Gasteiger partial charge < -0.3 is 25.5 Å². The fraction of sp³-hybridized carbons (Fsp3) is 0.296. The number of carbonyl (C=O) groups is 1. The molecule has 1 aromatic carbocycles. The van der Waals surface area contributed by atoms with Crippen LogP contribution in [0.5, 0.6) is 5.88 Å². The summed E-state index contributed by atoms with van der Waals surface area (Å²) < 4.78 is 25.9. The predicted molar refractivity (Wildman–Crippen MR) is 137 cm³/mol. The van der Waals surface area contributed by atoms with Crippen molar-refractivity contribution >= 4 is 23.6 Å². The molecule has 190 valence electrons. The molecule has 0 atom stereocenters. The van der Waals surface area contributed by atoms with Crippen LogP contribution in [0, 0.1) is 11.2 Å². The number of allylic oxidation sites excluding steroid dienone is 1. The Labute approximate surface area is 213 Å². The number of esters is 1. The normalized spacial score (nSPS) is 16.3. The molecular formula is C27H27FN6O3. The average Bonchev–Trinajstić information content (AvgIpc) is 3.85. The number of carbonyl (C=O) groups excluding carboxylic acids is 1. The summed E-state index contributed by atoms with van der Waals surface area (Å²) in [5.74, 6) is 0.316. The quantitative estimate of drug-likeness (QED) is 0.280. The molecule has 3 aromatic rings. The highest BCUT2D eigenvalue weighted by atomic mass is 19.1. The van der Waals surface area contributed by atoms with E-state index in [4.69, 9.17) is 14.9 Å². The number of hydrogen-bond acceptors (Lipinski definition) is 9. The molecule has 0 spiro atoms. The average molecular weight is 503 g/mol. The molecule has 3 N–H and O–H groups in total. The highest BCUT2D eigenvalue weighted by Gasteiger charge is 2.52. The van der Waals surface area contributed by atoms with E-state index < -0.39 is 11.2 Å². The molecule has 2 aliphatic rings. The number of nitrogens with zero attached hydrogens (tertiary/aromatic N) is 3. The zero-order valence-electron chi connectivity index (χ0n) is 20.5. The Morgan fingerprint density at radius 3 is 2.51 bits per heavy atom. The summed E-state index contributed by atoms with van der Waals surface area (Å²) in [6.45, 7) is 0. The van der Waals surface area contributed by atoms with Crippen LogP contribution in [0.1, 0.15) is 36.9 Å². The lowest BCUT2D eigenvalue weighted by molar-refractivity contribution is -0.143. The van der Waals surface area contributed by atoms with Gasteiger partial charge in [0.15, 0.2) is 5.82 Å². The highest BCUT2D eigenvalue weighted by molar-refractivity contribution is 6.09. The minimum atomic E-state index is -0.584. The second kappa shape index (κ2) is 9.96. The van der Waals surface area contributed by atoms with Crippen molar-refractivity contribution in [2.45, 2.75) is 37.2 Å². The molecule has 2 aromatic heterocycles. The highest BCUT2D eigenvalue weighted by Crippen LogP contribution is 2.49. The first-order chi connectivity index (χ1) is 18.0. The van der Waals surface area contributed by atoms with E-state index in [0.29, 0.717) is 23.1 Å². The van der Waals surface area contributed by atoms with Crippen LogP contribution < -0.4 is 15.4 Å². The Morgan fingerprint density at radius 2 is 1.92 bits per heavy atom. The van der Waals surface area contributed by atoms with E-state index in [2.05, 4.69) is 25.6 Å². The number of pyridine rings is 1. The maximum Gasteiger partial charge on any atom is 0.316 e. The zero-order valence-corrected chi connectivity index (χ0v) is 20.5. The van der Waals surface area contributed by atoms with Crippen LogP contribution in [0.3, 0.4) is 0 Å². The minimum Gasteiger partial charge on any atom is -0.473 e. The van der Waals surface area contributed by atoms with Crippen molar-refractivity contribution in [3.63, 3.8) is 0 Å². The van der Waals surface area contributed by atoms with Crippen molar-refractivity contribution in [3.05, 3.63) is 71.8 Å². The first-order valence-corrected chi connectivity index (χ1v) is 12.0. The maximum absolute atomic E-state index is 15.3. The third-order valence-electron chi connectivity index (χ3n) is 6.53. The minimum absolute atomic E-state index is 0.00758. The standard InChI is InChI=1S/C27H27FN6O3/c1-30-25(34-22-14-31-15-23(33-22)37-19-7-8-19)20(12-29)24-21(28)11-17(13-32-24)16-3-5-18(6-4-16)27(9-10-27)26(35)36-2/h3-6,11-15,19,29-30H,7-10H2,1-2H3,(H,33,34)/b25-20-,29-12?. The molecule has 10 heteroatoms. The van der Waals surface area contributed by atoms with Crippen molar-refractivity contribution in [2.24, 2.45) is 0 Å². The number of aromatic nitrogens is 3. The van der Waals surface area contributed by atoms with Crippen molar-refractivity contribution in [3.8, 4) is 17.0 Å². The van der Waals surface area contributed by atoms with Gasteiger partial charge in [0, 0.05) is 25.0 Å². The molecule has 0 radical (unpaired) electrons. The second-order valence-corrected chi connectivity index (χ2v) is 9.07. The van der Waals surface area contributed by atoms with E-state index in [-0.39, 0.29) is 23.3 Å². The smallest absolute Gasteiger partial charge is 0.316 e. The molecule has 5 rings (SSSR count). The van der Waals surface area contributed by atoms with Gasteiger partial charge in [0.2, 0.25) is 5.88 Å². The van der Waals surface area contributed by atoms with Gasteiger partial charge in [-0.05, 0) is 42.9 Å². The van der Waals surface area contributed by atoms with Gasteiger partial charge in [-0.1, -0.05) is 24.3 Å². The lowest BCUT2D eigenvalue weighted by Crippen LogP contribution is -2.21. The van der Waals surface area contributed by atoms with E-state index in [9.17, 15) is 4.79 Å². The van der Waals surface area contributed by atoms with Gasteiger partial charge >= 0.3 is 5.97 Å². The lowest BCUT2D eigenvalue weighted by atomic mass is 9.94. The number of anilines is 1. The summed E-state index contributed by atoms with van der Waals surface area (Å²) in [7, 11) is 3.05. The molecular weight excluding hydrogens is 475 g/mol. The first kappa shape index (κ1) is 24.4. The third kappa shape index (κ3) is 5.00. The Hall–Kier alpha value is -4.34.